The second kappa shape index (κ2) is 6.56. The molecule has 3 rings (SSSR count). The molecule has 2 heterocycles. The zero-order chi connectivity index (χ0) is 15.5. The second-order valence-electron chi connectivity index (χ2n) is 5.90. The van der Waals surface area contributed by atoms with Crippen LogP contribution in [0.3, 0.4) is 0 Å². The van der Waals surface area contributed by atoms with E-state index in [0.29, 0.717) is 18.3 Å². The quantitative estimate of drug-likeness (QED) is 0.877. The number of benzene rings is 1. The fourth-order valence-corrected chi connectivity index (χ4v) is 2.74. The Kier molecular flexibility index (Phi) is 4.52. The molecule has 0 amide bonds. The highest BCUT2D eigenvalue weighted by Crippen LogP contribution is 2.23. The minimum Gasteiger partial charge on any atom is -0.387 e. The van der Waals surface area contributed by atoms with Crippen LogP contribution in [0.2, 0.25) is 0 Å². The topological polar surface area (TPSA) is 63.4 Å². The maximum absolute atomic E-state index is 9.49. The van der Waals surface area contributed by atoms with Gasteiger partial charge in [0.15, 0.2) is 0 Å². The van der Waals surface area contributed by atoms with E-state index in [1.165, 1.54) is 11.1 Å². The molecule has 1 fully saturated rings. The van der Waals surface area contributed by atoms with Crippen LogP contribution < -0.4 is 0 Å². The van der Waals surface area contributed by atoms with Gasteiger partial charge in [-0.15, -0.1) is 5.10 Å². The second-order valence-corrected chi connectivity index (χ2v) is 5.90. The summed E-state index contributed by atoms with van der Waals surface area (Å²) < 4.78 is 7.03. The van der Waals surface area contributed by atoms with Crippen LogP contribution in [-0.2, 0) is 17.9 Å². The molecular weight excluding hydrogens is 280 g/mol. The Morgan fingerprint density at radius 3 is 2.82 bits per heavy atom. The SMILES string of the molecule is COCc1cccc(CN2CC(n3cc(C(C)O)nn3)C2)c1. The molecule has 0 radical (unpaired) electrons. The molecule has 0 bridgehead atoms. The summed E-state index contributed by atoms with van der Waals surface area (Å²) in [5.74, 6) is 0. The van der Waals surface area contributed by atoms with Crippen molar-refractivity contribution in [3.63, 3.8) is 0 Å². The molecule has 1 atom stereocenters. The van der Waals surface area contributed by atoms with E-state index >= 15 is 0 Å². The van der Waals surface area contributed by atoms with Gasteiger partial charge in [-0.3, -0.25) is 4.90 Å². The van der Waals surface area contributed by atoms with Crippen molar-refractivity contribution < 1.29 is 9.84 Å². The highest BCUT2D eigenvalue weighted by Gasteiger charge is 2.29. The summed E-state index contributed by atoms with van der Waals surface area (Å²) in [5.41, 5.74) is 3.14. The molecule has 2 aromatic rings. The first-order valence-corrected chi connectivity index (χ1v) is 7.54. The van der Waals surface area contributed by atoms with Gasteiger partial charge in [0.1, 0.15) is 5.69 Å². The number of ether oxygens (including phenoxy) is 1. The van der Waals surface area contributed by atoms with E-state index in [0.717, 1.165) is 19.6 Å². The van der Waals surface area contributed by atoms with Crippen molar-refractivity contribution in [1.29, 1.82) is 0 Å². The number of aliphatic hydroxyl groups is 1. The largest absolute Gasteiger partial charge is 0.387 e. The third kappa shape index (κ3) is 3.35. The van der Waals surface area contributed by atoms with E-state index in [2.05, 4.69) is 39.5 Å². The molecule has 6 heteroatoms. The molecule has 1 aliphatic rings. The van der Waals surface area contributed by atoms with Crippen LogP contribution in [0.1, 0.15) is 35.9 Å². The van der Waals surface area contributed by atoms with E-state index < -0.39 is 6.10 Å². The lowest BCUT2D eigenvalue weighted by Gasteiger charge is -2.38. The zero-order valence-corrected chi connectivity index (χ0v) is 13.0. The average Bonchev–Trinajstić information content (AvgIpc) is 2.93. The van der Waals surface area contributed by atoms with E-state index in [1.54, 1.807) is 14.0 Å². The summed E-state index contributed by atoms with van der Waals surface area (Å²) in [5, 5.41) is 17.6. The Bertz CT molecular complexity index is 620. The van der Waals surface area contributed by atoms with Crippen LogP contribution in [-0.4, -0.2) is 45.2 Å². The number of aliphatic hydroxyl groups excluding tert-OH is 1. The lowest BCUT2D eigenvalue weighted by atomic mass is 10.1. The Morgan fingerprint density at radius 1 is 1.36 bits per heavy atom. The Hall–Kier alpha value is -1.76. The summed E-state index contributed by atoms with van der Waals surface area (Å²) in [7, 11) is 1.71. The third-order valence-electron chi connectivity index (χ3n) is 3.98. The number of hydrogen-bond acceptors (Lipinski definition) is 5. The van der Waals surface area contributed by atoms with Crippen molar-refractivity contribution in [2.75, 3.05) is 20.2 Å². The fraction of sp³-hybridized carbons (Fsp3) is 0.500. The molecule has 1 N–H and O–H groups in total. The number of aromatic nitrogens is 3. The van der Waals surface area contributed by atoms with Crippen LogP contribution in [0.25, 0.3) is 0 Å². The van der Waals surface area contributed by atoms with E-state index in [4.69, 9.17) is 4.74 Å². The van der Waals surface area contributed by atoms with Gasteiger partial charge in [-0.25, -0.2) is 4.68 Å². The molecule has 6 nitrogen and oxygen atoms in total. The van der Waals surface area contributed by atoms with E-state index in [9.17, 15) is 5.11 Å². The lowest BCUT2D eigenvalue weighted by Crippen LogP contribution is -2.47. The molecule has 1 saturated heterocycles. The number of rotatable bonds is 6. The predicted molar refractivity (Wildman–Crippen MR) is 82.1 cm³/mol. The summed E-state index contributed by atoms with van der Waals surface area (Å²) >= 11 is 0. The molecule has 0 aliphatic carbocycles. The molecule has 1 aromatic heterocycles. The van der Waals surface area contributed by atoms with Gasteiger partial charge < -0.3 is 9.84 Å². The fourth-order valence-electron chi connectivity index (χ4n) is 2.74. The van der Waals surface area contributed by atoms with Crippen molar-refractivity contribution in [2.24, 2.45) is 0 Å². The van der Waals surface area contributed by atoms with Gasteiger partial charge >= 0.3 is 0 Å². The third-order valence-corrected chi connectivity index (χ3v) is 3.98. The smallest absolute Gasteiger partial charge is 0.111 e. The highest BCUT2D eigenvalue weighted by molar-refractivity contribution is 5.23. The van der Waals surface area contributed by atoms with E-state index in [-0.39, 0.29) is 0 Å². The summed E-state index contributed by atoms with van der Waals surface area (Å²) in [6.07, 6.45) is 1.28. The van der Waals surface area contributed by atoms with Crippen molar-refractivity contribution >= 4 is 0 Å². The maximum Gasteiger partial charge on any atom is 0.111 e. The maximum atomic E-state index is 9.49. The molecular formula is C16H22N4O2. The standard InChI is InChI=1S/C16H22N4O2/c1-12(21)16-10-20(18-17-16)15-8-19(9-15)7-13-4-3-5-14(6-13)11-22-2/h3-6,10,12,15,21H,7-9,11H2,1-2H3. The Labute approximate surface area is 130 Å². The zero-order valence-electron chi connectivity index (χ0n) is 13.0. The highest BCUT2D eigenvalue weighted by atomic mass is 16.5. The number of hydrogen-bond donors (Lipinski definition) is 1. The first-order valence-electron chi connectivity index (χ1n) is 7.54. The normalized spacial score (nSPS) is 17.4. The molecule has 1 aromatic carbocycles. The predicted octanol–water partition coefficient (Wildman–Crippen LogP) is 1.53. The van der Waals surface area contributed by atoms with Crippen LogP contribution in [0.15, 0.2) is 30.5 Å². The monoisotopic (exact) mass is 302 g/mol. The minimum atomic E-state index is -0.562. The van der Waals surface area contributed by atoms with Crippen LogP contribution in [0, 0.1) is 0 Å². The minimum absolute atomic E-state index is 0.349. The Morgan fingerprint density at radius 2 is 2.14 bits per heavy atom. The van der Waals surface area contributed by atoms with Crippen molar-refractivity contribution in [2.45, 2.75) is 32.2 Å². The molecule has 1 unspecified atom stereocenters. The summed E-state index contributed by atoms with van der Waals surface area (Å²) in [6.45, 7) is 5.20. The Balaban J connectivity index is 1.53. The van der Waals surface area contributed by atoms with Gasteiger partial charge in [-0.2, -0.15) is 0 Å². The first-order chi connectivity index (χ1) is 10.7. The van der Waals surface area contributed by atoms with Gasteiger partial charge in [0, 0.05) is 26.7 Å². The first kappa shape index (κ1) is 15.1. The number of methoxy groups -OCH3 is 1. The van der Waals surface area contributed by atoms with Crippen molar-refractivity contribution in [3.05, 3.63) is 47.3 Å². The molecule has 22 heavy (non-hydrogen) atoms. The molecule has 1 aliphatic heterocycles. The van der Waals surface area contributed by atoms with Gasteiger partial charge in [-0.05, 0) is 18.1 Å². The van der Waals surface area contributed by atoms with Gasteiger partial charge in [0.05, 0.1) is 24.9 Å². The number of likely N-dealkylation sites (tertiary alicyclic amines) is 1. The van der Waals surface area contributed by atoms with Gasteiger partial charge in [-0.1, -0.05) is 29.5 Å². The average molecular weight is 302 g/mol. The van der Waals surface area contributed by atoms with Gasteiger partial charge in [0.2, 0.25) is 0 Å². The van der Waals surface area contributed by atoms with Crippen LogP contribution in [0.5, 0.6) is 0 Å². The van der Waals surface area contributed by atoms with Crippen LogP contribution in [0.4, 0.5) is 0 Å². The lowest BCUT2D eigenvalue weighted by molar-refractivity contribution is 0.0894. The molecule has 0 saturated carbocycles. The summed E-state index contributed by atoms with van der Waals surface area (Å²) in [6, 6.07) is 8.85. The number of nitrogens with zero attached hydrogens (tertiary/aromatic N) is 4. The van der Waals surface area contributed by atoms with Crippen molar-refractivity contribution in [1.82, 2.24) is 19.9 Å². The van der Waals surface area contributed by atoms with Crippen molar-refractivity contribution in [3.8, 4) is 0 Å². The molecule has 0 spiro atoms. The summed E-state index contributed by atoms with van der Waals surface area (Å²) in [4.78, 5) is 2.38. The van der Waals surface area contributed by atoms with Crippen LogP contribution >= 0.6 is 0 Å². The van der Waals surface area contributed by atoms with E-state index in [1.807, 2.05) is 10.9 Å². The van der Waals surface area contributed by atoms with Gasteiger partial charge in [0.25, 0.3) is 0 Å². The molecule has 118 valence electrons.